The van der Waals surface area contributed by atoms with Crippen molar-refractivity contribution in [3.05, 3.63) is 63.8 Å². The van der Waals surface area contributed by atoms with Crippen LogP contribution in [0.2, 0.25) is 0 Å². The van der Waals surface area contributed by atoms with E-state index in [0.29, 0.717) is 18.8 Å². The second-order valence-electron chi connectivity index (χ2n) is 11.3. The van der Waals surface area contributed by atoms with Crippen LogP contribution in [0.4, 0.5) is 0 Å². The van der Waals surface area contributed by atoms with E-state index in [9.17, 15) is 5.11 Å². The van der Waals surface area contributed by atoms with Crippen molar-refractivity contribution in [1.29, 1.82) is 0 Å². The second-order valence-corrected chi connectivity index (χ2v) is 11.3. The van der Waals surface area contributed by atoms with Crippen LogP contribution >= 0.6 is 0 Å². The molecular formula is C30H32O5. The van der Waals surface area contributed by atoms with Crippen LogP contribution in [0, 0.1) is 0 Å². The Bertz CT molecular complexity index is 1340. The van der Waals surface area contributed by atoms with E-state index in [2.05, 4.69) is 38.1 Å². The number of ether oxygens (including phenoxy) is 4. The van der Waals surface area contributed by atoms with Crippen molar-refractivity contribution >= 4 is 12.2 Å². The second kappa shape index (κ2) is 7.33. The third kappa shape index (κ3) is 3.51. The van der Waals surface area contributed by atoms with Gasteiger partial charge in [0.2, 0.25) is 0 Å². The normalized spacial score (nSPS) is 23.3. The first-order valence-corrected chi connectivity index (χ1v) is 12.3. The van der Waals surface area contributed by atoms with Crippen LogP contribution in [0.3, 0.4) is 0 Å². The largest absolute Gasteiger partial charge is 0.504 e. The van der Waals surface area contributed by atoms with Gasteiger partial charge in [0.05, 0.1) is 18.1 Å². The number of phenolic OH excluding ortho intramolecular Hbond substituents is 1. The molecule has 35 heavy (non-hydrogen) atoms. The van der Waals surface area contributed by atoms with E-state index < -0.39 is 5.60 Å². The monoisotopic (exact) mass is 472 g/mol. The number of aromatic hydroxyl groups is 1. The van der Waals surface area contributed by atoms with Crippen LogP contribution in [0.1, 0.15) is 81.4 Å². The van der Waals surface area contributed by atoms with Gasteiger partial charge in [0.1, 0.15) is 34.6 Å². The van der Waals surface area contributed by atoms with E-state index in [0.717, 1.165) is 45.1 Å². The Labute approximate surface area is 206 Å². The van der Waals surface area contributed by atoms with Crippen LogP contribution in [-0.4, -0.2) is 22.9 Å². The molecule has 5 nitrogen and oxygen atoms in total. The molecule has 4 aliphatic rings. The first-order chi connectivity index (χ1) is 16.5. The number of fused-ring (bicyclic) bond motifs is 8. The lowest BCUT2D eigenvalue weighted by atomic mass is 9.83. The zero-order chi connectivity index (χ0) is 24.7. The summed E-state index contributed by atoms with van der Waals surface area (Å²) < 4.78 is 25.4. The van der Waals surface area contributed by atoms with E-state index in [-0.39, 0.29) is 23.4 Å². The molecule has 2 atom stereocenters. The molecule has 5 heteroatoms. The first kappa shape index (κ1) is 22.1. The average Bonchev–Trinajstić information content (AvgIpc) is 3.16. The van der Waals surface area contributed by atoms with Crippen LogP contribution in [0.25, 0.3) is 12.2 Å². The topological polar surface area (TPSA) is 57.2 Å². The number of rotatable bonds is 2. The predicted octanol–water partition coefficient (Wildman–Crippen LogP) is 6.88. The van der Waals surface area contributed by atoms with E-state index in [1.165, 1.54) is 5.57 Å². The zero-order valence-corrected chi connectivity index (χ0v) is 21.2. The quantitative estimate of drug-likeness (QED) is 0.483. The van der Waals surface area contributed by atoms with Crippen molar-refractivity contribution in [1.82, 2.24) is 0 Å². The Kier molecular flexibility index (Phi) is 4.64. The van der Waals surface area contributed by atoms with Crippen LogP contribution in [0.5, 0.6) is 28.7 Å². The van der Waals surface area contributed by atoms with Gasteiger partial charge >= 0.3 is 0 Å². The molecule has 0 bridgehead atoms. The molecule has 0 amide bonds. The van der Waals surface area contributed by atoms with E-state index in [1.807, 2.05) is 45.9 Å². The fourth-order valence-electron chi connectivity index (χ4n) is 5.41. The fraction of sp³-hybridized carbons (Fsp3) is 0.400. The van der Waals surface area contributed by atoms with Gasteiger partial charge in [-0.05, 0) is 72.3 Å². The maximum absolute atomic E-state index is 11.4. The molecule has 4 aliphatic heterocycles. The highest BCUT2D eigenvalue weighted by Crippen LogP contribution is 2.59. The molecule has 0 saturated heterocycles. The summed E-state index contributed by atoms with van der Waals surface area (Å²) in [7, 11) is 0. The molecule has 2 aromatic rings. The third-order valence-corrected chi connectivity index (χ3v) is 7.18. The molecule has 0 aromatic heterocycles. The minimum atomic E-state index is -0.507. The number of hydrogen-bond acceptors (Lipinski definition) is 5. The van der Waals surface area contributed by atoms with Gasteiger partial charge in [-0.2, -0.15) is 0 Å². The number of benzene rings is 2. The Hall–Kier alpha value is -3.34. The predicted molar refractivity (Wildman–Crippen MR) is 137 cm³/mol. The lowest BCUT2D eigenvalue weighted by Gasteiger charge is -2.32. The molecule has 6 rings (SSSR count). The summed E-state index contributed by atoms with van der Waals surface area (Å²) in [5, 5.41) is 11.4. The van der Waals surface area contributed by atoms with Crippen molar-refractivity contribution in [2.24, 2.45) is 0 Å². The average molecular weight is 473 g/mol. The Morgan fingerprint density at radius 1 is 1.00 bits per heavy atom. The maximum atomic E-state index is 11.4. The number of phenols is 1. The van der Waals surface area contributed by atoms with Gasteiger partial charge in [-0.3, -0.25) is 0 Å². The molecule has 1 N–H and O–H groups in total. The zero-order valence-electron chi connectivity index (χ0n) is 21.2. The highest BCUT2D eigenvalue weighted by Gasteiger charge is 2.46. The molecule has 2 aromatic carbocycles. The molecular weight excluding hydrogens is 440 g/mol. The summed E-state index contributed by atoms with van der Waals surface area (Å²) in [5.41, 5.74) is 5.04. The molecule has 182 valence electrons. The standard InChI is InChI=1S/C30H32O5/c1-16(2)7-8-18-24-21-15-32-23-14-22-17(9-11-29(3,4)34-22)13-20(23)26(21)33-27(24)19-10-12-30(5,6)35-28(19)25(18)31/h7,9-14,21,26,31H,8,15H2,1-6H3/t21-,26-/m0/s1. The maximum Gasteiger partial charge on any atom is 0.173 e. The van der Waals surface area contributed by atoms with Crippen LogP contribution in [-0.2, 0) is 6.42 Å². The molecule has 0 fully saturated rings. The number of hydrogen-bond donors (Lipinski definition) is 1. The summed E-state index contributed by atoms with van der Waals surface area (Å²) in [6.45, 7) is 12.7. The molecule has 0 aliphatic carbocycles. The summed E-state index contributed by atoms with van der Waals surface area (Å²) >= 11 is 0. The van der Waals surface area contributed by atoms with Gasteiger partial charge in [-0.15, -0.1) is 0 Å². The van der Waals surface area contributed by atoms with E-state index in [4.69, 9.17) is 18.9 Å². The summed E-state index contributed by atoms with van der Waals surface area (Å²) in [6, 6.07) is 4.11. The Morgan fingerprint density at radius 2 is 1.74 bits per heavy atom. The van der Waals surface area contributed by atoms with Crippen LogP contribution in [0.15, 0.2) is 35.9 Å². The smallest absolute Gasteiger partial charge is 0.173 e. The SMILES string of the molecule is CC(C)=CCc1c(O)c2c(c3c1[C@@H]1COc4cc5c(cc4[C@@H]1O3)C=CC(C)(C)O5)C=CC(C)(C)O2. The van der Waals surface area contributed by atoms with Crippen molar-refractivity contribution in [2.75, 3.05) is 6.61 Å². The Balaban J connectivity index is 1.50. The van der Waals surface area contributed by atoms with E-state index >= 15 is 0 Å². The van der Waals surface area contributed by atoms with Gasteiger partial charge in [-0.25, -0.2) is 0 Å². The van der Waals surface area contributed by atoms with Crippen LogP contribution < -0.4 is 18.9 Å². The van der Waals surface area contributed by atoms with Gasteiger partial charge in [0, 0.05) is 28.3 Å². The highest BCUT2D eigenvalue weighted by atomic mass is 16.5. The molecule has 0 radical (unpaired) electrons. The Morgan fingerprint density at radius 3 is 2.51 bits per heavy atom. The summed E-state index contributed by atoms with van der Waals surface area (Å²) in [5.74, 6) is 3.08. The van der Waals surface area contributed by atoms with Crippen molar-refractivity contribution in [2.45, 2.75) is 71.2 Å². The van der Waals surface area contributed by atoms with Crippen molar-refractivity contribution in [3.8, 4) is 28.7 Å². The van der Waals surface area contributed by atoms with Gasteiger partial charge in [0.15, 0.2) is 11.5 Å². The van der Waals surface area contributed by atoms with Gasteiger partial charge in [-0.1, -0.05) is 17.7 Å². The molecule has 0 spiro atoms. The molecule has 4 heterocycles. The van der Waals surface area contributed by atoms with Gasteiger partial charge in [0.25, 0.3) is 0 Å². The van der Waals surface area contributed by atoms with Crippen molar-refractivity contribution < 1.29 is 24.1 Å². The lowest BCUT2D eigenvalue weighted by Crippen LogP contribution is -2.28. The summed E-state index contributed by atoms with van der Waals surface area (Å²) in [6.07, 6.45) is 10.7. The minimum absolute atomic E-state index is 0.0272. The first-order valence-electron chi connectivity index (χ1n) is 12.3. The van der Waals surface area contributed by atoms with Crippen molar-refractivity contribution in [3.63, 3.8) is 0 Å². The lowest BCUT2D eigenvalue weighted by molar-refractivity contribution is 0.133. The number of allylic oxidation sites excluding steroid dienone is 2. The highest BCUT2D eigenvalue weighted by molar-refractivity contribution is 5.77. The fourth-order valence-corrected chi connectivity index (χ4v) is 5.41. The van der Waals surface area contributed by atoms with E-state index in [1.54, 1.807) is 0 Å². The minimum Gasteiger partial charge on any atom is -0.504 e. The molecule has 0 unspecified atom stereocenters. The van der Waals surface area contributed by atoms with Gasteiger partial charge < -0.3 is 24.1 Å². The molecule has 0 saturated carbocycles. The summed E-state index contributed by atoms with van der Waals surface area (Å²) in [4.78, 5) is 0. The third-order valence-electron chi connectivity index (χ3n) is 7.18.